The molecule has 2 atom stereocenters. The molecule has 108 valence electrons. The number of likely N-dealkylation sites (N-methyl/N-ethyl adjacent to an activating group) is 1. The number of aromatic nitrogens is 4. The Labute approximate surface area is 120 Å². The van der Waals surface area contributed by atoms with Gasteiger partial charge in [-0.1, -0.05) is 6.92 Å². The van der Waals surface area contributed by atoms with Crippen molar-refractivity contribution < 1.29 is 0 Å². The second-order valence-corrected chi connectivity index (χ2v) is 5.21. The van der Waals surface area contributed by atoms with Gasteiger partial charge in [0, 0.05) is 31.1 Å². The Morgan fingerprint density at radius 2 is 2.00 bits per heavy atom. The molecule has 1 N–H and O–H groups in total. The molecule has 2 aromatic heterocycles. The fourth-order valence-electron chi connectivity index (χ4n) is 2.03. The smallest absolute Gasteiger partial charge is 0.145 e. The first-order chi connectivity index (χ1) is 9.63. The lowest BCUT2D eigenvalue weighted by molar-refractivity contribution is 0.467. The molecule has 0 aromatic carbocycles. The summed E-state index contributed by atoms with van der Waals surface area (Å²) in [5, 5.41) is 7.90. The van der Waals surface area contributed by atoms with E-state index in [0.717, 1.165) is 29.9 Å². The van der Waals surface area contributed by atoms with Crippen LogP contribution in [-0.4, -0.2) is 26.8 Å². The third-order valence-corrected chi connectivity index (χ3v) is 3.58. The zero-order valence-electron chi connectivity index (χ0n) is 12.7. The van der Waals surface area contributed by atoms with E-state index in [-0.39, 0.29) is 6.04 Å². The number of rotatable bonds is 6. The van der Waals surface area contributed by atoms with Crippen LogP contribution in [0.4, 0.5) is 0 Å². The molecule has 2 rings (SSSR count). The van der Waals surface area contributed by atoms with Gasteiger partial charge in [0.05, 0.1) is 11.7 Å². The van der Waals surface area contributed by atoms with Gasteiger partial charge in [-0.05, 0) is 38.9 Å². The Bertz CT molecular complexity index is 531. The van der Waals surface area contributed by atoms with Crippen molar-refractivity contribution in [2.24, 2.45) is 0 Å². The number of nitrogens with one attached hydrogen (secondary N) is 1. The highest BCUT2D eigenvalue weighted by Gasteiger charge is 2.15. The molecule has 0 aliphatic heterocycles. The van der Waals surface area contributed by atoms with Crippen LogP contribution >= 0.6 is 0 Å². The molecule has 0 saturated carbocycles. The Morgan fingerprint density at radius 1 is 1.30 bits per heavy atom. The van der Waals surface area contributed by atoms with Crippen LogP contribution < -0.4 is 5.32 Å². The molecular weight excluding hydrogens is 250 g/mol. The van der Waals surface area contributed by atoms with Crippen molar-refractivity contribution in [1.29, 1.82) is 0 Å². The van der Waals surface area contributed by atoms with E-state index < -0.39 is 0 Å². The van der Waals surface area contributed by atoms with Gasteiger partial charge in [0.2, 0.25) is 0 Å². The predicted octanol–water partition coefficient (Wildman–Crippen LogP) is 2.46. The van der Waals surface area contributed by atoms with Gasteiger partial charge >= 0.3 is 0 Å². The largest absolute Gasteiger partial charge is 0.310 e. The maximum atomic E-state index is 4.63. The van der Waals surface area contributed by atoms with E-state index in [2.05, 4.69) is 40.3 Å². The average molecular weight is 273 g/mol. The summed E-state index contributed by atoms with van der Waals surface area (Å²) < 4.78 is 2.03. The first-order valence-corrected chi connectivity index (χ1v) is 7.13. The predicted molar refractivity (Wildman–Crippen MR) is 79.5 cm³/mol. The van der Waals surface area contributed by atoms with Gasteiger partial charge in [0.15, 0.2) is 0 Å². The van der Waals surface area contributed by atoms with Gasteiger partial charge in [-0.15, -0.1) is 0 Å². The highest BCUT2D eigenvalue weighted by atomic mass is 15.3. The van der Waals surface area contributed by atoms with Gasteiger partial charge in [0.1, 0.15) is 5.82 Å². The lowest BCUT2D eigenvalue weighted by Gasteiger charge is -2.13. The monoisotopic (exact) mass is 273 g/mol. The van der Waals surface area contributed by atoms with Crippen LogP contribution in [-0.2, 0) is 6.42 Å². The molecule has 0 fully saturated rings. The molecule has 5 heteroatoms. The van der Waals surface area contributed by atoms with Gasteiger partial charge in [0.25, 0.3) is 0 Å². The van der Waals surface area contributed by atoms with Crippen LogP contribution in [0.2, 0.25) is 0 Å². The van der Waals surface area contributed by atoms with Crippen LogP contribution in [0, 0.1) is 6.92 Å². The second kappa shape index (κ2) is 6.61. The summed E-state index contributed by atoms with van der Waals surface area (Å²) in [5.74, 6) is 0.816. The number of aryl methyl sites for hydroxylation is 1. The summed E-state index contributed by atoms with van der Waals surface area (Å²) in [6, 6.07) is 2.60. The Hall–Kier alpha value is -1.75. The molecule has 2 unspecified atom stereocenters. The zero-order chi connectivity index (χ0) is 14.5. The highest BCUT2D eigenvalue weighted by molar-refractivity contribution is 5.09. The quantitative estimate of drug-likeness (QED) is 0.878. The molecule has 0 amide bonds. The molecule has 0 bridgehead atoms. The summed E-state index contributed by atoms with van der Waals surface area (Å²) in [4.78, 5) is 8.79. The Morgan fingerprint density at radius 3 is 2.60 bits per heavy atom. The van der Waals surface area contributed by atoms with Crippen molar-refractivity contribution in [3.8, 4) is 0 Å². The third kappa shape index (κ3) is 3.42. The molecule has 20 heavy (non-hydrogen) atoms. The van der Waals surface area contributed by atoms with E-state index in [9.17, 15) is 0 Å². The van der Waals surface area contributed by atoms with Gasteiger partial charge in [-0.2, -0.15) is 5.10 Å². The van der Waals surface area contributed by atoms with E-state index in [1.165, 1.54) is 0 Å². The van der Waals surface area contributed by atoms with E-state index >= 15 is 0 Å². The molecule has 0 aliphatic rings. The molecule has 0 spiro atoms. The number of hydrogen-bond acceptors (Lipinski definition) is 4. The molecule has 0 aliphatic carbocycles. The van der Waals surface area contributed by atoms with E-state index in [1.54, 1.807) is 0 Å². The van der Waals surface area contributed by atoms with Crippen LogP contribution in [0.15, 0.2) is 24.7 Å². The maximum Gasteiger partial charge on any atom is 0.145 e. The lowest BCUT2D eigenvalue weighted by atomic mass is 10.1. The standard InChI is InChI=1S/C15H23N5/c1-5-12(3)20-7-6-13(19-20)8-14(16-4)15-17-9-11(2)10-18-15/h6-7,9-10,12,14,16H,5,8H2,1-4H3. The number of nitrogens with zero attached hydrogens (tertiary/aromatic N) is 4. The SMILES string of the molecule is CCC(C)n1ccc(CC(NC)c2ncc(C)cn2)n1. The Kier molecular flexibility index (Phi) is 4.84. The fourth-order valence-corrected chi connectivity index (χ4v) is 2.03. The third-order valence-electron chi connectivity index (χ3n) is 3.58. The second-order valence-electron chi connectivity index (χ2n) is 5.21. The number of hydrogen-bond donors (Lipinski definition) is 1. The first kappa shape index (κ1) is 14.7. The normalized spacial score (nSPS) is 14.2. The van der Waals surface area contributed by atoms with Crippen LogP contribution in [0.1, 0.15) is 49.4 Å². The lowest BCUT2D eigenvalue weighted by Crippen LogP contribution is -2.21. The Balaban J connectivity index is 2.10. The van der Waals surface area contributed by atoms with E-state index in [4.69, 9.17) is 0 Å². The van der Waals surface area contributed by atoms with Crippen LogP contribution in [0.5, 0.6) is 0 Å². The van der Waals surface area contributed by atoms with Crippen molar-refractivity contribution in [1.82, 2.24) is 25.1 Å². The van der Waals surface area contributed by atoms with Crippen molar-refractivity contribution in [2.75, 3.05) is 7.05 Å². The summed E-state index contributed by atoms with van der Waals surface area (Å²) in [7, 11) is 1.93. The van der Waals surface area contributed by atoms with Crippen molar-refractivity contribution in [3.05, 3.63) is 41.7 Å². The molecule has 2 aromatic rings. The van der Waals surface area contributed by atoms with Crippen LogP contribution in [0.3, 0.4) is 0 Å². The van der Waals surface area contributed by atoms with E-state index in [1.807, 2.05) is 37.2 Å². The topological polar surface area (TPSA) is 55.6 Å². The molecule has 0 saturated heterocycles. The highest BCUT2D eigenvalue weighted by Crippen LogP contribution is 2.15. The molecule has 2 heterocycles. The van der Waals surface area contributed by atoms with Crippen molar-refractivity contribution >= 4 is 0 Å². The first-order valence-electron chi connectivity index (χ1n) is 7.13. The molecule has 5 nitrogen and oxygen atoms in total. The average Bonchev–Trinajstić information content (AvgIpc) is 2.93. The van der Waals surface area contributed by atoms with Crippen molar-refractivity contribution in [3.63, 3.8) is 0 Å². The minimum atomic E-state index is 0.0934. The zero-order valence-corrected chi connectivity index (χ0v) is 12.7. The molecule has 0 radical (unpaired) electrons. The van der Waals surface area contributed by atoms with Crippen molar-refractivity contribution in [2.45, 2.75) is 45.7 Å². The van der Waals surface area contributed by atoms with E-state index in [0.29, 0.717) is 6.04 Å². The summed E-state index contributed by atoms with van der Waals surface area (Å²) in [6.07, 6.45) is 7.63. The van der Waals surface area contributed by atoms with Gasteiger partial charge in [-0.25, -0.2) is 9.97 Å². The summed E-state index contributed by atoms with van der Waals surface area (Å²) >= 11 is 0. The summed E-state index contributed by atoms with van der Waals surface area (Å²) in [6.45, 7) is 6.34. The fraction of sp³-hybridized carbons (Fsp3) is 0.533. The maximum absolute atomic E-state index is 4.63. The minimum absolute atomic E-state index is 0.0934. The van der Waals surface area contributed by atoms with Crippen LogP contribution in [0.25, 0.3) is 0 Å². The minimum Gasteiger partial charge on any atom is -0.310 e. The van der Waals surface area contributed by atoms with Gasteiger partial charge in [-0.3, -0.25) is 4.68 Å². The van der Waals surface area contributed by atoms with Gasteiger partial charge < -0.3 is 5.32 Å². The summed E-state index contributed by atoms with van der Waals surface area (Å²) in [5.41, 5.74) is 2.14. The molecular formula is C15H23N5.